The molecule has 0 radical (unpaired) electrons. The lowest BCUT2D eigenvalue weighted by molar-refractivity contribution is -0.122. The molecule has 0 atom stereocenters. The maximum Gasteiger partial charge on any atom is 0.234 e. The standard InChI is InChI=1S/C25H29N5O3/c1-32-21-8-4-19(5-9-21)24(20-6-10-22(33-2)11-7-20)28-23(31)18-29-14-16-30(17-15-29)25-26-12-3-13-27-25/h3-13,24H,14-18H2,1-2H3,(H,28,31). The van der Waals surface area contributed by atoms with E-state index in [1.165, 1.54) is 0 Å². The molecule has 1 fully saturated rings. The normalized spacial score (nSPS) is 14.2. The maximum atomic E-state index is 13.0. The van der Waals surface area contributed by atoms with E-state index in [0.29, 0.717) is 6.54 Å². The lowest BCUT2D eigenvalue weighted by Crippen LogP contribution is -2.50. The van der Waals surface area contributed by atoms with Crippen molar-refractivity contribution in [2.24, 2.45) is 0 Å². The van der Waals surface area contributed by atoms with Gasteiger partial charge in [-0.15, -0.1) is 0 Å². The number of nitrogens with zero attached hydrogens (tertiary/aromatic N) is 4. The molecule has 1 amide bonds. The van der Waals surface area contributed by atoms with Crippen LogP contribution in [0.1, 0.15) is 17.2 Å². The van der Waals surface area contributed by atoms with Crippen LogP contribution in [0.3, 0.4) is 0 Å². The molecule has 1 aliphatic heterocycles. The second-order valence-corrected chi connectivity index (χ2v) is 7.86. The number of aromatic nitrogens is 2. The molecule has 172 valence electrons. The summed E-state index contributed by atoms with van der Waals surface area (Å²) in [7, 11) is 3.28. The van der Waals surface area contributed by atoms with Gasteiger partial charge in [0.2, 0.25) is 11.9 Å². The van der Waals surface area contributed by atoms with Gasteiger partial charge < -0.3 is 19.7 Å². The highest BCUT2D eigenvalue weighted by molar-refractivity contribution is 5.79. The van der Waals surface area contributed by atoms with Gasteiger partial charge >= 0.3 is 0 Å². The van der Waals surface area contributed by atoms with Crippen LogP contribution in [0.25, 0.3) is 0 Å². The molecule has 0 unspecified atom stereocenters. The number of piperazine rings is 1. The number of amides is 1. The zero-order valence-electron chi connectivity index (χ0n) is 19.0. The summed E-state index contributed by atoms with van der Waals surface area (Å²) < 4.78 is 10.6. The Kier molecular flexibility index (Phi) is 7.36. The molecule has 1 saturated heterocycles. The summed E-state index contributed by atoms with van der Waals surface area (Å²) in [5, 5.41) is 3.21. The number of hydrogen-bond acceptors (Lipinski definition) is 7. The second-order valence-electron chi connectivity index (χ2n) is 7.86. The predicted octanol–water partition coefficient (Wildman–Crippen LogP) is 2.52. The first-order valence-electron chi connectivity index (χ1n) is 11.0. The Hall–Kier alpha value is -3.65. The summed E-state index contributed by atoms with van der Waals surface area (Å²) >= 11 is 0. The van der Waals surface area contributed by atoms with Crippen LogP contribution in [0.15, 0.2) is 67.0 Å². The molecular formula is C25H29N5O3. The molecule has 2 aromatic carbocycles. The van der Waals surface area contributed by atoms with Crippen LogP contribution < -0.4 is 19.7 Å². The number of methoxy groups -OCH3 is 2. The summed E-state index contributed by atoms with van der Waals surface area (Å²) in [6.07, 6.45) is 3.50. The van der Waals surface area contributed by atoms with Gasteiger partial charge in [-0.05, 0) is 41.5 Å². The van der Waals surface area contributed by atoms with Crippen molar-refractivity contribution in [2.75, 3.05) is 51.8 Å². The summed E-state index contributed by atoms with van der Waals surface area (Å²) in [6, 6.07) is 17.1. The van der Waals surface area contributed by atoms with E-state index in [9.17, 15) is 4.79 Å². The fourth-order valence-electron chi connectivity index (χ4n) is 3.92. The fraction of sp³-hybridized carbons (Fsp3) is 0.320. The number of benzene rings is 2. The van der Waals surface area contributed by atoms with Gasteiger partial charge in [0.25, 0.3) is 0 Å². The van der Waals surface area contributed by atoms with Crippen molar-refractivity contribution in [3.05, 3.63) is 78.1 Å². The van der Waals surface area contributed by atoms with Crippen molar-refractivity contribution in [1.82, 2.24) is 20.2 Å². The predicted molar refractivity (Wildman–Crippen MR) is 127 cm³/mol. The zero-order chi connectivity index (χ0) is 23.0. The molecule has 3 aromatic rings. The van der Waals surface area contributed by atoms with Gasteiger partial charge in [0.1, 0.15) is 11.5 Å². The SMILES string of the molecule is COc1ccc(C(NC(=O)CN2CCN(c3ncccn3)CC2)c2ccc(OC)cc2)cc1. The van der Waals surface area contributed by atoms with E-state index in [4.69, 9.17) is 9.47 Å². The number of carbonyl (C=O) groups excluding carboxylic acids is 1. The highest BCUT2D eigenvalue weighted by atomic mass is 16.5. The number of anilines is 1. The Morgan fingerprint density at radius 3 is 1.88 bits per heavy atom. The summed E-state index contributed by atoms with van der Waals surface area (Å²) in [4.78, 5) is 26.0. The number of nitrogens with one attached hydrogen (secondary N) is 1. The molecule has 0 saturated carbocycles. The number of carbonyl (C=O) groups is 1. The van der Waals surface area contributed by atoms with Gasteiger partial charge in [-0.3, -0.25) is 9.69 Å². The quantitative estimate of drug-likeness (QED) is 0.568. The van der Waals surface area contributed by atoms with Crippen molar-refractivity contribution >= 4 is 11.9 Å². The van der Waals surface area contributed by atoms with E-state index in [1.807, 2.05) is 54.6 Å². The molecule has 1 N–H and O–H groups in total. The average molecular weight is 448 g/mol. The zero-order valence-corrected chi connectivity index (χ0v) is 19.0. The first-order chi connectivity index (χ1) is 16.2. The van der Waals surface area contributed by atoms with Crippen LogP contribution in [0, 0.1) is 0 Å². The Labute approximate surface area is 194 Å². The first-order valence-corrected chi connectivity index (χ1v) is 11.0. The van der Waals surface area contributed by atoms with Crippen molar-refractivity contribution in [2.45, 2.75) is 6.04 Å². The molecule has 1 aliphatic rings. The maximum absolute atomic E-state index is 13.0. The van der Waals surface area contributed by atoms with Gasteiger partial charge in [0, 0.05) is 38.6 Å². The molecule has 2 heterocycles. The molecule has 0 bridgehead atoms. The van der Waals surface area contributed by atoms with Gasteiger partial charge in [-0.25, -0.2) is 9.97 Å². The molecule has 8 heteroatoms. The average Bonchev–Trinajstić information content (AvgIpc) is 2.88. The lowest BCUT2D eigenvalue weighted by atomic mass is 9.98. The summed E-state index contributed by atoms with van der Waals surface area (Å²) in [5.74, 6) is 2.27. The molecular weight excluding hydrogens is 418 g/mol. The summed E-state index contributed by atoms with van der Waals surface area (Å²) in [6.45, 7) is 3.48. The molecule has 1 aromatic heterocycles. The van der Waals surface area contributed by atoms with Gasteiger partial charge in [-0.1, -0.05) is 24.3 Å². The Bertz CT molecular complexity index is 973. The van der Waals surface area contributed by atoms with Crippen LogP contribution in [0.2, 0.25) is 0 Å². The van der Waals surface area contributed by atoms with Gasteiger partial charge in [0.15, 0.2) is 0 Å². The van der Waals surface area contributed by atoms with Crippen LogP contribution in [0.5, 0.6) is 11.5 Å². The summed E-state index contributed by atoms with van der Waals surface area (Å²) in [5.41, 5.74) is 1.97. The minimum atomic E-state index is -0.270. The first kappa shape index (κ1) is 22.5. The molecule has 4 rings (SSSR count). The van der Waals surface area contributed by atoms with Gasteiger partial charge in [0.05, 0.1) is 26.8 Å². The highest BCUT2D eigenvalue weighted by Crippen LogP contribution is 2.26. The van der Waals surface area contributed by atoms with Crippen LogP contribution >= 0.6 is 0 Å². The fourth-order valence-corrected chi connectivity index (χ4v) is 3.92. The Morgan fingerprint density at radius 1 is 0.879 bits per heavy atom. The van der Waals surface area contributed by atoms with Crippen LogP contribution in [-0.4, -0.2) is 67.7 Å². The largest absolute Gasteiger partial charge is 0.497 e. The molecule has 8 nitrogen and oxygen atoms in total. The van der Waals surface area contributed by atoms with Crippen molar-refractivity contribution in [3.8, 4) is 11.5 Å². The third-order valence-corrected chi connectivity index (χ3v) is 5.78. The van der Waals surface area contributed by atoms with Crippen LogP contribution in [-0.2, 0) is 4.79 Å². The molecule has 0 aliphatic carbocycles. The third-order valence-electron chi connectivity index (χ3n) is 5.78. The number of rotatable bonds is 8. The van der Waals surface area contributed by atoms with E-state index in [-0.39, 0.29) is 11.9 Å². The number of hydrogen-bond donors (Lipinski definition) is 1. The highest BCUT2D eigenvalue weighted by Gasteiger charge is 2.23. The van der Waals surface area contributed by atoms with Crippen LogP contribution in [0.4, 0.5) is 5.95 Å². The van der Waals surface area contributed by atoms with E-state index >= 15 is 0 Å². The van der Waals surface area contributed by atoms with Crippen molar-refractivity contribution in [3.63, 3.8) is 0 Å². The third kappa shape index (κ3) is 5.78. The molecule has 33 heavy (non-hydrogen) atoms. The van der Waals surface area contributed by atoms with Crippen molar-refractivity contribution in [1.29, 1.82) is 0 Å². The Morgan fingerprint density at radius 2 is 1.39 bits per heavy atom. The minimum Gasteiger partial charge on any atom is -0.497 e. The smallest absolute Gasteiger partial charge is 0.234 e. The Balaban J connectivity index is 1.41. The number of ether oxygens (including phenoxy) is 2. The van der Waals surface area contributed by atoms with E-state index in [2.05, 4.69) is 25.1 Å². The monoisotopic (exact) mass is 447 g/mol. The van der Waals surface area contributed by atoms with Crippen molar-refractivity contribution < 1.29 is 14.3 Å². The molecule has 0 spiro atoms. The topological polar surface area (TPSA) is 79.8 Å². The second kappa shape index (κ2) is 10.8. The lowest BCUT2D eigenvalue weighted by Gasteiger charge is -2.34. The van der Waals surface area contributed by atoms with E-state index in [0.717, 1.165) is 54.8 Å². The van der Waals surface area contributed by atoms with Gasteiger partial charge in [-0.2, -0.15) is 0 Å². The van der Waals surface area contributed by atoms with E-state index in [1.54, 1.807) is 26.6 Å². The minimum absolute atomic E-state index is 0.0175. The van der Waals surface area contributed by atoms with E-state index < -0.39 is 0 Å².